The fourth-order valence-corrected chi connectivity index (χ4v) is 1.61. The van der Waals surface area contributed by atoms with Crippen molar-refractivity contribution in [3.05, 3.63) is 0 Å². The largest absolute Gasteiger partial charge is 0.480 e. The van der Waals surface area contributed by atoms with Gasteiger partial charge in [0.1, 0.15) is 6.54 Å². The Morgan fingerprint density at radius 3 is 2.24 bits per heavy atom. The summed E-state index contributed by atoms with van der Waals surface area (Å²) in [6, 6.07) is -0.277. The number of amides is 2. The highest BCUT2D eigenvalue weighted by atomic mass is 16.4. The van der Waals surface area contributed by atoms with Crippen molar-refractivity contribution in [2.75, 3.05) is 19.6 Å². The first-order chi connectivity index (χ1) is 8.04. The van der Waals surface area contributed by atoms with Crippen LogP contribution in [0.5, 0.6) is 0 Å². The van der Waals surface area contributed by atoms with E-state index in [-0.39, 0.29) is 12.6 Å². The zero-order valence-electron chi connectivity index (χ0n) is 11.0. The molecule has 0 aromatic rings. The molecule has 2 amide bonds. The van der Waals surface area contributed by atoms with Crippen LogP contribution in [0.2, 0.25) is 0 Å². The number of hydrogen-bond donors (Lipinski definition) is 2. The average molecular weight is 244 g/mol. The first kappa shape index (κ1) is 15.7. The van der Waals surface area contributed by atoms with Crippen molar-refractivity contribution in [3.63, 3.8) is 0 Å². The third-order valence-corrected chi connectivity index (χ3v) is 2.80. The minimum absolute atomic E-state index is 0.234. The molecule has 0 bridgehead atoms. The molecule has 0 saturated heterocycles. The molecule has 0 radical (unpaired) electrons. The number of nitrogens with zero attached hydrogens (tertiary/aromatic N) is 1. The molecule has 0 aliphatic heterocycles. The van der Waals surface area contributed by atoms with E-state index in [9.17, 15) is 9.59 Å². The van der Waals surface area contributed by atoms with Crippen LogP contribution < -0.4 is 5.32 Å². The van der Waals surface area contributed by atoms with Gasteiger partial charge in [0, 0.05) is 13.1 Å². The molecule has 0 aliphatic carbocycles. The number of urea groups is 1. The summed E-state index contributed by atoms with van der Waals surface area (Å²) in [5.41, 5.74) is 0. The molecule has 0 heterocycles. The summed E-state index contributed by atoms with van der Waals surface area (Å²) in [5.74, 6) is -0.511. The highest BCUT2D eigenvalue weighted by Crippen LogP contribution is 2.05. The van der Waals surface area contributed by atoms with Crippen LogP contribution in [0.1, 0.15) is 40.0 Å². The van der Waals surface area contributed by atoms with Crippen LogP contribution in [0.15, 0.2) is 0 Å². The van der Waals surface area contributed by atoms with Gasteiger partial charge in [-0.05, 0) is 12.3 Å². The standard InChI is InChI=1S/C12H24N2O3/c1-4-7-14(9-11(15)16)12(17)13-8-10(5-2)6-3/h10H,4-9H2,1-3H3,(H,13,17)(H,15,16). The highest BCUT2D eigenvalue weighted by molar-refractivity contribution is 5.80. The molecule has 0 spiro atoms. The van der Waals surface area contributed by atoms with Crippen molar-refractivity contribution in [2.45, 2.75) is 40.0 Å². The van der Waals surface area contributed by atoms with Crippen molar-refractivity contribution in [3.8, 4) is 0 Å². The minimum atomic E-state index is -0.976. The van der Waals surface area contributed by atoms with E-state index in [0.29, 0.717) is 19.0 Å². The van der Waals surface area contributed by atoms with Crippen molar-refractivity contribution < 1.29 is 14.7 Å². The van der Waals surface area contributed by atoms with Gasteiger partial charge in [-0.1, -0.05) is 33.6 Å². The predicted molar refractivity (Wildman–Crippen MR) is 67.0 cm³/mol. The van der Waals surface area contributed by atoms with E-state index in [2.05, 4.69) is 19.2 Å². The van der Waals surface area contributed by atoms with E-state index >= 15 is 0 Å². The molecule has 5 nitrogen and oxygen atoms in total. The van der Waals surface area contributed by atoms with Crippen LogP contribution in [-0.2, 0) is 4.79 Å². The van der Waals surface area contributed by atoms with Gasteiger partial charge < -0.3 is 15.3 Å². The summed E-state index contributed by atoms with van der Waals surface area (Å²) in [5, 5.41) is 11.5. The Bertz CT molecular complexity index is 240. The number of carboxylic acid groups (broad SMARTS) is 1. The summed E-state index contributed by atoms with van der Waals surface area (Å²) in [6.07, 6.45) is 2.79. The lowest BCUT2D eigenvalue weighted by Crippen LogP contribution is -2.44. The maximum atomic E-state index is 11.8. The third kappa shape index (κ3) is 6.81. The summed E-state index contributed by atoms with van der Waals surface area (Å²) in [4.78, 5) is 23.7. The van der Waals surface area contributed by atoms with Gasteiger partial charge >= 0.3 is 12.0 Å². The molecule has 0 aliphatic rings. The monoisotopic (exact) mass is 244 g/mol. The number of carboxylic acids is 1. The van der Waals surface area contributed by atoms with Gasteiger partial charge in [0.15, 0.2) is 0 Å². The van der Waals surface area contributed by atoms with Gasteiger partial charge in [-0.25, -0.2) is 4.79 Å². The molecule has 0 saturated carbocycles. The molecule has 0 unspecified atom stereocenters. The summed E-state index contributed by atoms with van der Waals surface area (Å²) in [7, 11) is 0. The third-order valence-electron chi connectivity index (χ3n) is 2.80. The Morgan fingerprint density at radius 2 is 1.82 bits per heavy atom. The molecule has 0 aromatic carbocycles. The van der Waals surface area contributed by atoms with E-state index < -0.39 is 5.97 Å². The average Bonchev–Trinajstić information content (AvgIpc) is 2.29. The van der Waals surface area contributed by atoms with Crippen molar-refractivity contribution in [1.29, 1.82) is 0 Å². The molecule has 0 atom stereocenters. The number of nitrogens with one attached hydrogen (secondary N) is 1. The minimum Gasteiger partial charge on any atom is -0.480 e. The Balaban J connectivity index is 4.17. The van der Waals surface area contributed by atoms with E-state index in [4.69, 9.17) is 5.11 Å². The fourth-order valence-electron chi connectivity index (χ4n) is 1.61. The molecule has 100 valence electrons. The Morgan fingerprint density at radius 1 is 1.24 bits per heavy atom. The molecule has 5 heteroatoms. The number of carbonyl (C=O) groups excluding carboxylic acids is 1. The highest BCUT2D eigenvalue weighted by Gasteiger charge is 2.16. The maximum absolute atomic E-state index is 11.8. The van der Waals surface area contributed by atoms with Crippen molar-refractivity contribution in [2.24, 2.45) is 5.92 Å². The van der Waals surface area contributed by atoms with Gasteiger partial charge in [0.05, 0.1) is 0 Å². The first-order valence-corrected chi connectivity index (χ1v) is 6.29. The van der Waals surface area contributed by atoms with Crippen LogP contribution >= 0.6 is 0 Å². The fraction of sp³-hybridized carbons (Fsp3) is 0.833. The Kier molecular flexibility index (Phi) is 8.19. The number of rotatable bonds is 8. The van der Waals surface area contributed by atoms with Crippen LogP contribution in [-0.4, -0.2) is 41.6 Å². The van der Waals surface area contributed by atoms with Crippen molar-refractivity contribution >= 4 is 12.0 Å². The molecule has 0 fully saturated rings. The van der Waals surface area contributed by atoms with Crippen LogP contribution in [0.3, 0.4) is 0 Å². The lowest BCUT2D eigenvalue weighted by Gasteiger charge is -2.22. The van der Waals surface area contributed by atoms with E-state index in [1.807, 2.05) is 6.92 Å². The Labute approximate surface area is 103 Å². The van der Waals surface area contributed by atoms with Gasteiger partial charge in [0.25, 0.3) is 0 Å². The molecular weight excluding hydrogens is 220 g/mol. The lowest BCUT2D eigenvalue weighted by molar-refractivity contribution is -0.137. The van der Waals surface area contributed by atoms with Gasteiger partial charge in [-0.15, -0.1) is 0 Å². The SMILES string of the molecule is CCCN(CC(=O)O)C(=O)NCC(CC)CC. The van der Waals surface area contributed by atoms with Gasteiger partial charge in [0.2, 0.25) is 0 Å². The van der Waals surface area contributed by atoms with Crippen molar-refractivity contribution in [1.82, 2.24) is 10.2 Å². The van der Waals surface area contributed by atoms with Gasteiger partial charge in [-0.3, -0.25) is 4.79 Å². The maximum Gasteiger partial charge on any atom is 0.323 e. The summed E-state index contributed by atoms with van der Waals surface area (Å²) in [6.45, 7) is 6.95. The second-order valence-electron chi connectivity index (χ2n) is 4.18. The van der Waals surface area contributed by atoms with Crippen LogP contribution in [0.25, 0.3) is 0 Å². The zero-order chi connectivity index (χ0) is 13.3. The number of carbonyl (C=O) groups is 2. The predicted octanol–water partition coefficient (Wildman–Crippen LogP) is 1.93. The first-order valence-electron chi connectivity index (χ1n) is 6.29. The van der Waals surface area contributed by atoms with Gasteiger partial charge in [-0.2, -0.15) is 0 Å². The second kappa shape index (κ2) is 8.84. The normalized spacial score (nSPS) is 10.4. The van der Waals surface area contributed by atoms with Crippen LogP contribution in [0, 0.1) is 5.92 Å². The number of hydrogen-bond acceptors (Lipinski definition) is 2. The molecule has 0 rings (SSSR count). The van der Waals surface area contributed by atoms with E-state index in [1.165, 1.54) is 4.90 Å². The van der Waals surface area contributed by atoms with E-state index in [0.717, 1.165) is 19.3 Å². The molecular formula is C12H24N2O3. The molecule has 0 aromatic heterocycles. The second-order valence-corrected chi connectivity index (χ2v) is 4.18. The lowest BCUT2D eigenvalue weighted by atomic mass is 10.0. The molecule has 17 heavy (non-hydrogen) atoms. The summed E-state index contributed by atoms with van der Waals surface area (Å²) < 4.78 is 0. The topological polar surface area (TPSA) is 69.6 Å². The quantitative estimate of drug-likeness (QED) is 0.685. The van der Waals surface area contributed by atoms with Crippen LogP contribution in [0.4, 0.5) is 4.79 Å². The Hall–Kier alpha value is -1.26. The van der Waals surface area contributed by atoms with E-state index in [1.54, 1.807) is 0 Å². The summed E-state index contributed by atoms with van der Waals surface area (Å²) >= 11 is 0. The smallest absolute Gasteiger partial charge is 0.323 e. The number of aliphatic carboxylic acids is 1. The molecule has 2 N–H and O–H groups in total. The zero-order valence-corrected chi connectivity index (χ0v) is 11.0.